The third kappa shape index (κ3) is 3.31. The maximum absolute atomic E-state index is 13.0. The molecule has 98 valence electrons. The van der Waals surface area contributed by atoms with Crippen molar-refractivity contribution in [3.8, 4) is 5.75 Å². The summed E-state index contributed by atoms with van der Waals surface area (Å²) in [6.07, 6.45) is -0.287. The summed E-state index contributed by atoms with van der Waals surface area (Å²) < 4.78 is 18.6. The third-order valence-electron chi connectivity index (χ3n) is 2.74. The zero-order valence-corrected chi connectivity index (χ0v) is 10.3. The zero-order chi connectivity index (χ0) is 13.8. The first kappa shape index (κ1) is 13.1. The molecule has 0 aliphatic carbocycles. The maximum Gasteiger partial charge on any atom is 0.335 e. The second-order valence-corrected chi connectivity index (χ2v) is 4.14. The molecule has 19 heavy (non-hydrogen) atoms. The van der Waals surface area contributed by atoms with Crippen molar-refractivity contribution in [1.82, 2.24) is 0 Å². The summed E-state index contributed by atoms with van der Waals surface area (Å²) in [4.78, 5) is 10.7. The number of hydrogen-bond donors (Lipinski definition) is 1. The maximum atomic E-state index is 13.0. The average molecular weight is 260 g/mol. The van der Waals surface area contributed by atoms with Crippen LogP contribution in [0.3, 0.4) is 0 Å². The van der Waals surface area contributed by atoms with Gasteiger partial charge in [0.05, 0.1) is 5.56 Å². The van der Waals surface area contributed by atoms with E-state index in [4.69, 9.17) is 9.84 Å². The van der Waals surface area contributed by atoms with Gasteiger partial charge in [0.15, 0.2) is 0 Å². The van der Waals surface area contributed by atoms with Crippen molar-refractivity contribution in [1.29, 1.82) is 0 Å². The number of carboxylic acid groups (broad SMARTS) is 1. The van der Waals surface area contributed by atoms with Crippen molar-refractivity contribution in [2.45, 2.75) is 13.0 Å². The SMILES string of the molecule is CC(Oc1cccc(F)c1)c1ccc(C(=O)O)cc1. The minimum atomic E-state index is -0.967. The molecule has 2 aromatic carbocycles. The molecule has 0 radical (unpaired) electrons. The highest BCUT2D eigenvalue weighted by Crippen LogP contribution is 2.22. The van der Waals surface area contributed by atoms with Gasteiger partial charge in [-0.25, -0.2) is 9.18 Å². The molecule has 0 saturated carbocycles. The number of carbonyl (C=O) groups is 1. The summed E-state index contributed by atoms with van der Waals surface area (Å²) in [5.74, 6) is -0.883. The van der Waals surface area contributed by atoms with Crippen LogP contribution in [0.15, 0.2) is 48.5 Å². The molecule has 1 atom stereocenters. The lowest BCUT2D eigenvalue weighted by Gasteiger charge is -2.15. The predicted molar refractivity (Wildman–Crippen MR) is 68.8 cm³/mol. The number of hydrogen-bond acceptors (Lipinski definition) is 2. The van der Waals surface area contributed by atoms with Crippen molar-refractivity contribution in [2.24, 2.45) is 0 Å². The van der Waals surface area contributed by atoms with Crippen LogP contribution in [0.5, 0.6) is 5.75 Å². The van der Waals surface area contributed by atoms with Gasteiger partial charge in [-0.05, 0) is 36.8 Å². The Bertz CT molecular complexity index is 578. The molecule has 0 aliphatic heterocycles. The summed E-state index contributed by atoms with van der Waals surface area (Å²) in [5.41, 5.74) is 1.05. The number of ether oxygens (including phenoxy) is 1. The monoisotopic (exact) mass is 260 g/mol. The Morgan fingerprint density at radius 2 is 1.89 bits per heavy atom. The van der Waals surface area contributed by atoms with Gasteiger partial charge in [0, 0.05) is 6.07 Å². The summed E-state index contributed by atoms with van der Waals surface area (Å²) in [6.45, 7) is 1.82. The average Bonchev–Trinajstić information content (AvgIpc) is 2.39. The van der Waals surface area contributed by atoms with E-state index in [0.29, 0.717) is 5.75 Å². The van der Waals surface area contributed by atoms with Crippen LogP contribution in [0.25, 0.3) is 0 Å². The van der Waals surface area contributed by atoms with E-state index in [1.54, 1.807) is 24.3 Å². The second-order valence-electron chi connectivity index (χ2n) is 4.14. The Hall–Kier alpha value is -2.36. The van der Waals surface area contributed by atoms with Crippen molar-refractivity contribution in [2.75, 3.05) is 0 Å². The van der Waals surface area contributed by atoms with Crippen LogP contribution < -0.4 is 4.74 Å². The van der Waals surface area contributed by atoms with Crippen LogP contribution >= 0.6 is 0 Å². The highest BCUT2D eigenvalue weighted by molar-refractivity contribution is 5.87. The molecule has 3 nitrogen and oxygen atoms in total. The molecule has 0 bridgehead atoms. The smallest absolute Gasteiger partial charge is 0.335 e. The Kier molecular flexibility index (Phi) is 3.80. The van der Waals surface area contributed by atoms with Gasteiger partial charge >= 0.3 is 5.97 Å². The molecule has 0 fully saturated rings. The van der Waals surface area contributed by atoms with Gasteiger partial charge in [0.2, 0.25) is 0 Å². The largest absolute Gasteiger partial charge is 0.486 e. The van der Waals surface area contributed by atoms with Gasteiger partial charge in [-0.15, -0.1) is 0 Å². The fraction of sp³-hybridized carbons (Fsp3) is 0.133. The summed E-state index contributed by atoms with van der Waals surface area (Å²) >= 11 is 0. The van der Waals surface area contributed by atoms with E-state index in [1.165, 1.54) is 24.3 Å². The summed E-state index contributed by atoms with van der Waals surface area (Å²) in [5, 5.41) is 8.81. The minimum absolute atomic E-state index is 0.224. The molecule has 0 saturated heterocycles. The standard InChI is InChI=1S/C15H13FO3/c1-10(19-14-4-2-3-13(16)9-14)11-5-7-12(8-6-11)15(17)18/h2-10H,1H3,(H,17,18). The second kappa shape index (κ2) is 5.52. The quantitative estimate of drug-likeness (QED) is 0.912. The van der Waals surface area contributed by atoms with Crippen LogP contribution in [-0.2, 0) is 0 Å². The molecule has 1 unspecified atom stereocenters. The number of benzene rings is 2. The molecule has 0 aromatic heterocycles. The Labute approximate surface area is 110 Å². The Morgan fingerprint density at radius 1 is 1.21 bits per heavy atom. The fourth-order valence-electron chi connectivity index (χ4n) is 1.71. The Morgan fingerprint density at radius 3 is 2.47 bits per heavy atom. The molecule has 0 amide bonds. The number of halogens is 1. The van der Waals surface area contributed by atoms with E-state index in [9.17, 15) is 9.18 Å². The van der Waals surface area contributed by atoms with Gasteiger partial charge in [0.25, 0.3) is 0 Å². The molecule has 0 heterocycles. The molecular weight excluding hydrogens is 247 g/mol. The van der Waals surface area contributed by atoms with Gasteiger partial charge < -0.3 is 9.84 Å². The van der Waals surface area contributed by atoms with E-state index in [0.717, 1.165) is 5.56 Å². The molecule has 2 aromatic rings. The van der Waals surface area contributed by atoms with E-state index < -0.39 is 5.97 Å². The van der Waals surface area contributed by atoms with Gasteiger partial charge in [0.1, 0.15) is 17.7 Å². The minimum Gasteiger partial charge on any atom is -0.486 e. The highest BCUT2D eigenvalue weighted by atomic mass is 19.1. The molecule has 1 N–H and O–H groups in total. The van der Waals surface area contributed by atoms with Crippen molar-refractivity contribution >= 4 is 5.97 Å². The lowest BCUT2D eigenvalue weighted by atomic mass is 10.1. The van der Waals surface area contributed by atoms with Gasteiger partial charge in [-0.1, -0.05) is 18.2 Å². The molecule has 0 aliphatic rings. The lowest BCUT2D eigenvalue weighted by molar-refractivity contribution is 0.0696. The van der Waals surface area contributed by atoms with Gasteiger partial charge in [-0.2, -0.15) is 0 Å². The topological polar surface area (TPSA) is 46.5 Å². The van der Waals surface area contributed by atoms with E-state index in [1.807, 2.05) is 6.92 Å². The molecule has 2 rings (SSSR count). The van der Waals surface area contributed by atoms with E-state index in [2.05, 4.69) is 0 Å². The normalized spacial score (nSPS) is 11.9. The van der Waals surface area contributed by atoms with Crippen LogP contribution in [0.1, 0.15) is 28.9 Å². The Balaban J connectivity index is 2.11. The van der Waals surface area contributed by atoms with Crippen molar-refractivity contribution < 1.29 is 19.0 Å². The highest BCUT2D eigenvalue weighted by Gasteiger charge is 2.09. The fourth-order valence-corrected chi connectivity index (χ4v) is 1.71. The number of carboxylic acids is 1. The first-order valence-corrected chi connectivity index (χ1v) is 5.82. The first-order chi connectivity index (χ1) is 9.06. The zero-order valence-electron chi connectivity index (χ0n) is 10.3. The lowest BCUT2D eigenvalue weighted by Crippen LogP contribution is -2.04. The summed E-state index contributed by atoms with van der Waals surface area (Å²) in [6, 6.07) is 12.3. The van der Waals surface area contributed by atoms with E-state index >= 15 is 0 Å². The third-order valence-corrected chi connectivity index (χ3v) is 2.74. The number of rotatable bonds is 4. The van der Waals surface area contributed by atoms with Crippen molar-refractivity contribution in [3.63, 3.8) is 0 Å². The van der Waals surface area contributed by atoms with Crippen LogP contribution in [-0.4, -0.2) is 11.1 Å². The van der Waals surface area contributed by atoms with Gasteiger partial charge in [-0.3, -0.25) is 0 Å². The molecule has 0 spiro atoms. The first-order valence-electron chi connectivity index (χ1n) is 5.82. The van der Waals surface area contributed by atoms with Crippen LogP contribution in [0.2, 0.25) is 0 Å². The number of aromatic carboxylic acids is 1. The molecular formula is C15H13FO3. The predicted octanol–water partition coefficient (Wildman–Crippen LogP) is 3.66. The van der Waals surface area contributed by atoms with Crippen LogP contribution in [0.4, 0.5) is 4.39 Å². The molecule has 4 heteroatoms. The van der Waals surface area contributed by atoms with E-state index in [-0.39, 0.29) is 17.5 Å². The van der Waals surface area contributed by atoms with Crippen LogP contribution in [0, 0.1) is 5.82 Å². The summed E-state index contributed by atoms with van der Waals surface area (Å²) in [7, 11) is 0. The van der Waals surface area contributed by atoms with Crippen molar-refractivity contribution in [3.05, 3.63) is 65.5 Å².